The molecular formula is C8H16N6. The van der Waals surface area contributed by atoms with Crippen LogP contribution in [0, 0.1) is 5.92 Å². The molecule has 6 heteroatoms. The van der Waals surface area contributed by atoms with Gasteiger partial charge in [0, 0.05) is 13.1 Å². The van der Waals surface area contributed by atoms with Crippen LogP contribution in [0.4, 0.5) is 11.9 Å². The first-order valence-electron chi connectivity index (χ1n) is 4.84. The lowest BCUT2D eigenvalue weighted by molar-refractivity contribution is 0.399. The van der Waals surface area contributed by atoms with Crippen molar-refractivity contribution in [3.8, 4) is 0 Å². The number of nitrogens with zero attached hydrogens (tertiary/aromatic N) is 3. The van der Waals surface area contributed by atoms with E-state index in [4.69, 9.17) is 5.73 Å². The molecule has 2 rings (SSSR count). The molecule has 0 amide bonds. The van der Waals surface area contributed by atoms with Crippen LogP contribution in [0.5, 0.6) is 0 Å². The lowest BCUT2D eigenvalue weighted by atomic mass is 10.1. The largest absolute Gasteiger partial charge is 0.368 e. The number of rotatable bonds is 3. The summed E-state index contributed by atoms with van der Waals surface area (Å²) in [7, 11) is 2.14. The van der Waals surface area contributed by atoms with Crippen molar-refractivity contribution < 1.29 is 0 Å². The zero-order valence-corrected chi connectivity index (χ0v) is 8.32. The topological polar surface area (TPSA) is 82.9 Å². The Bertz CT molecular complexity index is 296. The van der Waals surface area contributed by atoms with Gasteiger partial charge in [0.25, 0.3) is 0 Å². The zero-order chi connectivity index (χ0) is 9.97. The minimum Gasteiger partial charge on any atom is -0.368 e. The third-order valence-corrected chi connectivity index (χ3v) is 2.54. The summed E-state index contributed by atoms with van der Waals surface area (Å²) in [5.74, 6) is 1.65. The van der Waals surface area contributed by atoms with Crippen LogP contribution in [-0.2, 0) is 0 Å². The highest BCUT2D eigenvalue weighted by Crippen LogP contribution is 2.14. The number of nitrogens with one attached hydrogen (secondary N) is 2. The lowest BCUT2D eigenvalue weighted by Crippen LogP contribution is -2.19. The van der Waals surface area contributed by atoms with Gasteiger partial charge in [-0.1, -0.05) is 0 Å². The molecule has 0 aliphatic carbocycles. The normalized spacial score (nSPS) is 22.8. The number of hydrogen-bond donors (Lipinski definition) is 3. The van der Waals surface area contributed by atoms with Gasteiger partial charge in [-0.3, -0.25) is 0 Å². The minimum absolute atomic E-state index is 0.357. The van der Waals surface area contributed by atoms with Gasteiger partial charge >= 0.3 is 0 Å². The molecule has 14 heavy (non-hydrogen) atoms. The van der Waals surface area contributed by atoms with Gasteiger partial charge in [-0.25, -0.2) is 5.10 Å². The number of hydrogen-bond acceptors (Lipinski definition) is 5. The second-order valence-corrected chi connectivity index (χ2v) is 3.84. The van der Waals surface area contributed by atoms with E-state index in [0.717, 1.165) is 13.1 Å². The average Bonchev–Trinajstić information content (AvgIpc) is 2.72. The quantitative estimate of drug-likeness (QED) is 0.621. The van der Waals surface area contributed by atoms with Crippen LogP contribution < -0.4 is 11.1 Å². The molecule has 6 nitrogen and oxygen atoms in total. The summed E-state index contributed by atoms with van der Waals surface area (Å²) in [6, 6.07) is 0. The van der Waals surface area contributed by atoms with Crippen LogP contribution in [0.1, 0.15) is 6.42 Å². The molecular weight excluding hydrogens is 180 g/mol. The highest BCUT2D eigenvalue weighted by molar-refractivity contribution is 5.29. The Morgan fingerprint density at radius 1 is 1.71 bits per heavy atom. The van der Waals surface area contributed by atoms with E-state index in [9.17, 15) is 0 Å². The SMILES string of the molecule is CN1CCC(CNc2n[nH]c(N)n2)C1. The molecule has 0 bridgehead atoms. The second-order valence-electron chi connectivity index (χ2n) is 3.84. The van der Waals surface area contributed by atoms with Crippen molar-refractivity contribution >= 4 is 11.9 Å². The van der Waals surface area contributed by atoms with E-state index >= 15 is 0 Å². The van der Waals surface area contributed by atoms with Crippen LogP contribution in [0.15, 0.2) is 0 Å². The molecule has 1 atom stereocenters. The van der Waals surface area contributed by atoms with Gasteiger partial charge in [-0.2, -0.15) is 4.98 Å². The van der Waals surface area contributed by atoms with Crippen molar-refractivity contribution in [2.45, 2.75) is 6.42 Å². The molecule has 2 heterocycles. The minimum atomic E-state index is 0.357. The number of nitrogens with two attached hydrogens (primary N) is 1. The molecule has 1 saturated heterocycles. The maximum absolute atomic E-state index is 5.41. The van der Waals surface area contributed by atoms with Crippen molar-refractivity contribution in [1.82, 2.24) is 20.1 Å². The van der Waals surface area contributed by atoms with Crippen LogP contribution in [0.3, 0.4) is 0 Å². The van der Waals surface area contributed by atoms with Crippen LogP contribution in [0.2, 0.25) is 0 Å². The second kappa shape index (κ2) is 3.83. The Morgan fingerprint density at radius 3 is 3.14 bits per heavy atom. The average molecular weight is 196 g/mol. The van der Waals surface area contributed by atoms with Gasteiger partial charge in [0.1, 0.15) is 0 Å². The van der Waals surface area contributed by atoms with E-state index in [1.807, 2.05) is 0 Å². The Kier molecular flexibility index (Phi) is 2.53. The van der Waals surface area contributed by atoms with Gasteiger partial charge in [0.15, 0.2) is 0 Å². The Labute approximate surface area is 82.9 Å². The van der Waals surface area contributed by atoms with E-state index in [1.165, 1.54) is 13.0 Å². The summed E-state index contributed by atoms with van der Waals surface area (Å²) < 4.78 is 0. The van der Waals surface area contributed by atoms with Crippen LogP contribution >= 0.6 is 0 Å². The van der Waals surface area contributed by atoms with Gasteiger partial charge < -0.3 is 16.0 Å². The summed E-state index contributed by atoms with van der Waals surface area (Å²) in [5.41, 5.74) is 5.41. The summed E-state index contributed by atoms with van der Waals surface area (Å²) >= 11 is 0. The number of likely N-dealkylation sites (tertiary alicyclic amines) is 1. The summed E-state index contributed by atoms with van der Waals surface area (Å²) in [6.07, 6.45) is 1.24. The van der Waals surface area contributed by atoms with Crippen molar-refractivity contribution in [3.63, 3.8) is 0 Å². The fraction of sp³-hybridized carbons (Fsp3) is 0.750. The lowest BCUT2D eigenvalue weighted by Gasteiger charge is -2.09. The zero-order valence-electron chi connectivity index (χ0n) is 8.32. The first-order valence-corrected chi connectivity index (χ1v) is 4.84. The summed E-state index contributed by atoms with van der Waals surface area (Å²) in [5, 5.41) is 9.67. The molecule has 4 N–H and O–H groups in total. The third kappa shape index (κ3) is 2.14. The number of aromatic nitrogens is 3. The van der Waals surface area contributed by atoms with Crippen molar-refractivity contribution in [2.75, 3.05) is 37.7 Å². The summed E-state index contributed by atoms with van der Waals surface area (Å²) in [4.78, 5) is 6.31. The number of anilines is 2. The predicted molar refractivity (Wildman–Crippen MR) is 54.9 cm³/mol. The predicted octanol–water partition coefficient (Wildman–Crippen LogP) is -0.249. The van der Waals surface area contributed by atoms with E-state index < -0.39 is 0 Å². The molecule has 0 spiro atoms. The van der Waals surface area contributed by atoms with E-state index in [2.05, 4.69) is 32.4 Å². The first kappa shape index (κ1) is 9.26. The Morgan fingerprint density at radius 2 is 2.57 bits per heavy atom. The molecule has 1 aliphatic rings. The Hall–Kier alpha value is -1.30. The fourth-order valence-corrected chi connectivity index (χ4v) is 1.78. The molecule has 78 valence electrons. The smallest absolute Gasteiger partial charge is 0.243 e. The van der Waals surface area contributed by atoms with Gasteiger partial charge in [-0.15, -0.1) is 5.10 Å². The Balaban J connectivity index is 1.77. The molecule has 1 aromatic rings. The number of H-pyrrole nitrogens is 1. The molecule has 0 radical (unpaired) electrons. The van der Waals surface area contributed by atoms with Crippen molar-refractivity contribution in [1.29, 1.82) is 0 Å². The van der Waals surface area contributed by atoms with Gasteiger partial charge in [-0.05, 0) is 25.9 Å². The standard InChI is InChI=1S/C8H16N6/c1-14-3-2-6(5-14)4-10-8-11-7(9)12-13-8/h6H,2-5H2,1H3,(H4,9,10,11,12,13). The summed E-state index contributed by atoms with van der Waals surface area (Å²) in [6.45, 7) is 3.25. The fourth-order valence-electron chi connectivity index (χ4n) is 1.78. The number of aromatic amines is 1. The molecule has 1 unspecified atom stereocenters. The maximum Gasteiger partial charge on any atom is 0.243 e. The van der Waals surface area contributed by atoms with Crippen molar-refractivity contribution in [3.05, 3.63) is 0 Å². The number of nitrogen functional groups attached to an aromatic ring is 1. The molecule has 0 aromatic carbocycles. The molecule has 1 fully saturated rings. The molecule has 1 aliphatic heterocycles. The molecule has 0 saturated carbocycles. The monoisotopic (exact) mass is 196 g/mol. The van der Waals surface area contributed by atoms with Gasteiger partial charge in [0.2, 0.25) is 11.9 Å². The van der Waals surface area contributed by atoms with Crippen molar-refractivity contribution in [2.24, 2.45) is 5.92 Å². The third-order valence-electron chi connectivity index (χ3n) is 2.54. The first-order chi connectivity index (χ1) is 6.74. The highest BCUT2D eigenvalue weighted by atomic mass is 15.3. The van der Waals surface area contributed by atoms with E-state index in [1.54, 1.807) is 0 Å². The van der Waals surface area contributed by atoms with Crippen LogP contribution in [-0.4, -0.2) is 46.8 Å². The van der Waals surface area contributed by atoms with E-state index in [0.29, 0.717) is 17.8 Å². The van der Waals surface area contributed by atoms with Gasteiger partial charge in [0.05, 0.1) is 0 Å². The van der Waals surface area contributed by atoms with Crippen LogP contribution in [0.25, 0.3) is 0 Å². The highest BCUT2D eigenvalue weighted by Gasteiger charge is 2.19. The molecule has 1 aromatic heterocycles. The maximum atomic E-state index is 5.41. The van der Waals surface area contributed by atoms with E-state index in [-0.39, 0.29) is 0 Å².